The quantitative estimate of drug-likeness (QED) is 0.515. The summed E-state index contributed by atoms with van der Waals surface area (Å²) in [5, 5.41) is 17.6. The molecule has 34 heavy (non-hydrogen) atoms. The van der Waals surface area contributed by atoms with Gasteiger partial charge in [0.1, 0.15) is 23.7 Å². The molecule has 1 aliphatic carbocycles. The number of rotatable bonds is 10. The molecule has 1 amide bonds. The first-order valence-electron chi connectivity index (χ1n) is 11.9. The lowest BCUT2D eigenvalue weighted by Crippen LogP contribution is -2.29. The first-order chi connectivity index (χ1) is 16.3. The van der Waals surface area contributed by atoms with Gasteiger partial charge in [-0.2, -0.15) is 0 Å². The zero-order chi connectivity index (χ0) is 24.7. The van der Waals surface area contributed by atoms with Crippen LogP contribution in [0.4, 0.5) is 4.79 Å². The van der Waals surface area contributed by atoms with Gasteiger partial charge in [0, 0.05) is 20.6 Å². The molecule has 0 aliphatic heterocycles. The van der Waals surface area contributed by atoms with E-state index in [0.717, 1.165) is 32.1 Å². The fraction of sp³-hybridized carbons (Fsp3) is 0.625. The summed E-state index contributed by atoms with van der Waals surface area (Å²) in [6.45, 7) is 4.65. The van der Waals surface area contributed by atoms with E-state index in [9.17, 15) is 14.7 Å². The number of carbonyl (C=O) groups excluding carboxylic acids is 1. The van der Waals surface area contributed by atoms with Crippen LogP contribution in [0.1, 0.15) is 63.3 Å². The van der Waals surface area contributed by atoms with Crippen molar-refractivity contribution in [3.05, 3.63) is 23.5 Å². The van der Waals surface area contributed by atoms with E-state index < -0.39 is 5.97 Å². The molecule has 3 rings (SSSR count). The van der Waals surface area contributed by atoms with E-state index in [4.69, 9.17) is 9.47 Å². The number of aromatic nitrogens is 4. The number of nitrogens with zero attached hydrogens (tertiary/aromatic N) is 5. The number of amides is 1. The molecular formula is C24H35N5O5. The summed E-state index contributed by atoms with van der Waals surface area (Å²) in [6.07, 6.45) is 5.44. The Morgan fingerprint density at radius 1 is 1.26 bits per heavy atom. The van der Waals surface area contributed by atoms with Crippen molar-refractivity contribution in [1.29, 1.82) is 0 Å². The van der Waals surface area contributed by atoms with Crippen LogP contribution in [0.15, 0.2) is 12.1 Å². The second kappa shape index (κ2) is 11.8. The molecule has 1 saturated carbocycles. The minimum Gasteiger partial charge on any atom is -0.489 e. The van der Waals surface area contributed by atoms with Crippen molar-refractivity contribution in [1.82, 2.24) is 24.9 Å². The van der Waals surface area contributed by atoms with Crippen LogP contribution < -0.4 is 4.74 Å². The first-order valence-corrected chi connectivity index (χ1v) is 11.9. The number of aryl methyl sites for hydroxylation is 2. The van der Waals surface area contributed by atoms with Crippen molar-refractivity contribution in [3.63, 3.8) is 0 Å². The topological polar surface area (TPSA) is 120 Å². The molecule has 1 N–H and O–H groups in total. The predicted molar refractivity (Wildman–Crippen MR) is 125 cm³/mol. The fourth-order valence-electron chi connectivity index (χ4n) is 4.13. The molecule has 1 fully saturated rings. The number of hydrogen-bond acceptors (Lipinski definition) is 7. The largest absolute Gasteiger partial charge is 0.489 e. The minimum atomic E-state index is -0.762. The van der Waals surface area contributed by atoms with Crippen LogP contribution in [0.5, 0.6) is 5.75 Å². The summed E-state index contributed by atoms with van der Waals surface area (Å²) >= 11 is 0. The van der Waals surface area contributed by atoms with Gasteiger partial charge in [-0.15, -0.1) is 5.10 Å². The Balaban J connectivity index is 1.66. The van der Waals surface area contributed by atoms with Gasteiger partial charge in [0.15, 0.2) is 0 Å². The molecule has 0 spiro atoms. The highest BCUT2D eigenvalue weighted by atomic mass is 16.6. The van der Waals surface area contributed by atoms with Crippen LogP contribution in [0.3, 0.4) is 0 Å². The average molecular weight is 474 g/mol. The number of aliphatic carboxylic acids is 1. The third-order valence-corrected chi connectivity index (χ3v) is 6.23. The Bertz CT molecular complexity index is 992. The molecule has 1 aliphatic rings. The molecule has 0 aromatic carbocycles. The van der Waals surface area contributed by atoms with E-state index in [1.807, 2.05) is 13.0 Å². The molecule has 10 nitrogen and oxygen atoms in total. The van der Waals surface area contributed by atoms with E-state index in [1.54, 1.807) is 29.7 Å². The number of ether oxygens (including phenoxy) is 2. The Morgan fingerprint density at radius 2 is 2.06 bits per heavy atom. The lowest BCUT2D eigenvalue weighted by atomic mass is 9.87. The van der Waals surface area contributed by atoms with Crippen molar-refractivity contribution >= 4 is 12.1 Å². The zero-order valence-corrected chi connectivity index (χ0v) is 20.5. The Morgan fingerprint density at radius 3 is 2.76 bits per heavy atom. The molecule has 2 aromatic heterocycles. The van der Waals surface area contributed by atoms with Crippen molar-refractivity contribution in [2.45, 2.75) is 71.5 Å². The van der Waals surface area contributed by atoms with Gasteiger partial charge in [0.05, 0.1) is 23.4 Å². The van der Waals surface area contributed by atoms with E-state index in [2.05, 4.69) is 22.2 Å². The van der Waals surface area contributed by atoms with E-state index in [0.29, 0.717) is 47.9 Å². The summed E-state index contributed by atoms with van der Waals surface area (Å²) in [4.78, 5) is 29.9. The van der Waals surface area contributed by atoms with Gasteiger partial charge in [-0.05, 0) is 51.2 Å². The molecule has 2 heterocycles. The van der Waals surface area contributed by atoms with Gasteiger partial charge >= 0.3 is 12.1 Å². The monoisotopic (exact) mass is 473 g/mol. The van der Waals surface area contributed by atoms with Crippen LogP contribution in [0, 0.1) is 12.8 Å². The third kappa shape index (κ3) is 6.45. The number of hydrogen-bond donors (Lipinski definition) is 1. The standard InChI is InChI=1S/C24H35N5O5/c1-5-6-7-13-28(3)24(32)33-15-20-22(26-27-29(20)4)19-11-12-21(16(2)25-19)34-18-10-8-9-17(14-18)23(30)31/h11-12,17-18H,5-10,13-15H2,1-4H3,(H,30,31)/t17-,18-/m1/s1. The van der Waals surface area contributed by atoms with Gasteiger partial charge in [0.25, 0.3) is 0 Å². The molecule has 0 radical (unpaired) electrons. The summed E-state index contributed by atoms with van der Waals surface area (Å²) in [5.74, 6) is -0.492. The first kappa shape index (κ1) is 25.5. The summed E-state index contributed by atoms with van der Waals surface area (Å²) in [6, 6.07) is 3.63. The van der Waals surface area contributed by atoms with Crippen LogP contribution >= 0.6 is 0 Å². The predicted octanol–water partition coefficient (Wildman–Crippen LogP) is 3.97. The summed E-state index contributed by atoms with van der Waals surface area (Å²) < 4.78 is 13.2. The van der Waals surface area contributed by atoms with Gasteiger partial charge in [-0.1, -0.05) is 25.0 Å². The maximum atomic E-state index is 12.3. The normalized spacial score (nSPS) is 17.9. The Kier molecular flexibility index (Phi) is 8.84. The smallest absolute Gasteiger partial charge is 0.409 e. The highest BCUT2D eigenvalue weighted by Gasteiger charge is 2.28. The molecule has 186 valence electrons. The van der Waals surface area contributed by atoms with Crippen LogP contribution in [0.2, 0.25) is 0 Å². The zero-order valence-electron chi connectivity index (χ0n) is 20.5. The molecule has 0 saturated heterocycles. The molecule has 0 unspecified atom stereocenters. The van der Waals surface area contributed by atoms with Crippen LogP contribution in [0.25, 0.3) is 11.4 Å². The molecule has 2 atom stereocenters. The molecular weight excluding hydrogens is 438 g/mol. The van der Waals surface area contributed by atoms with Crippen LogP contribution in [-0.4, -0.2) is 61.7 Å². The van der Waals surface area contributed by atoms with Crippen molar-refractivity contribution in [2.24, 2.45) is 13.0 Å². The van der Waals surface area contributed by atoms with Crippen molar-refractivity contribution in [2.75, 3.05) is 13.6 Å². The number of carbonyl (C=O) groups is 2. The van der Waals surface area contributed by atoms with Crippen LogP contribution in [-0.2, 0) is 23.2 Å². The maximum absolute atomic E-state index is 12.3. The van der Waals surface area contributed by atoms with Gasteiger partial charge < -0.3 is 19.5 Å². The minimum absolute atomic E-state index is 0.0351. The molecule has 10 heteroatoms. The number of carboxylic acids is 1. The van der Waals surface area contributed by atoms with Gasteiger partial charge in [-0.25, -0.2) is 14.5 Å². The second-order valence-electron chi connectivity index (χ2n) is 8.91. The number of carboxylic acid groups (broad SMARTS) is 1. The third-order valence-electron chi connectivity index (χ3n) is 6.23. The summed E-state index contributed by atoms with van der Waals surface area (Å²) in [7, 11) is 3.48. The lowest BCUT2D eigenvalue weighted by Gasteiger charge is -2.27. The maximum Gasteiger partial charge on any atom is 0.409 e. The highest BCUT2D eigenvalue weighted by Crippen LogP contribution is 2.30. The van der Waals surface area contributed by atoms with E-state index in [1.165, 1.54) is 0 Å². The Labute approximate surface area is 200 Å². The fourth-order valence-corrected chi connectivity index (χ4v) is 4.13. The highest BCUT2D eigenvalue weighted by molar-refractivity contribution is 5.70. The van der Waals surface area contributed by atoms with E-state index in [-0.39, 0.29) is 24.7 Å². The number of pyridine rings is 1. The SMILES string of the molecule is CCCCCN(C)C(=O)OCc1c(-c2ccc(O[C@@H]3CCC[C@@H](C(=O)O)C3)c(C)n2)nnn1C. The number of unbranched alkanes of at least 4 members (excludes halogenated alkanes) is 2. The van der Waals surface area contributed by atoms with Crippen molar-refractivity contribution < 1.29 is 24.2 Å². The summed E-state index contributed by atoms with van der Waals surface area (Å²) in [5.41, 5.74) is 2.47. The van der Waals surface area contributed by atoms with E-state index >= 15 is 0 Å². The Hall–Kier alpha value is -3.17. The lowest BCUT2D eigenvalue weighted by molar-refractivity contribution is -0.143. The molecule has 0 bridgehead atoms. The van der Waals surface area contributed by atoms with Gasteiger partial charge in [0.2, 0.25) is 0 Å². The van der Waals surface area contributed by atoms with Gasteiger partial charge in [-0.3, -0.25) is 4.79 Å². The second-order valence-corrected chi connectivity index (χ2v) is 8.91. The van der Waals surface area contributed by atoms with Crippen molar-refractivity contribution in [3.8, 4) is 17.1 Å². The average Bonchev–Trinajstić information content (AvgIpc) is 3.19. The molecule has 2 aromatic rings.